The van der Waals surface area contributed by atoms with Crippen molar-refractivity contribution < 1.29 is 14.6 Å². The maximum absolute atomic E-state index is 10.7. The van der Waals surface area contributed by atoms with E-state index in [0.29, 0.717) is 18.9 Å². The van der Waals surface area contributed by atoms with Gasteiger partial charge in [-0.15, -0.1) is 0 Å². The first-order valence-electron chi connectivity index (χ1n) is 7.19. The van der Waals surface area contributed by atoms with Crippen LogP contribution >= 0.6 is 0 Å². The van der Waals surface area contributed by atoms with E-state index in [0.717, 1.165) is 32.5 Å². The maximum atomic E-state index is 10.7. The summed E-state index contributed by atoms with van der Waals surface area (Å²) in [7, 11) is 1.72. The van der Waals surface area contributed by atoms with Gasteiger partial charge in [0.25, 0.3) is 0 Å². The molecule has 0 unspecified atom stereocenters. The molecule has 0 spiro atoms. The number of carboxylic acid groups (broad SMARTS) is 1. The van der Waals surface area contributed by atoms with Crippen molar-refractivity contribution >= 4 is 5.97 Å². The van der Waals surface area contributed by atoms with Crippen molar-refractivity contribution in [2.75, 3.05) is 20.2 Å². The summed E-state index contributed by atoms with van der Waals surface area (Å²) in [6, 6.07) is 8.36. The first-order chi connectivity index (χ1) is 9.69. The van der Waals surface area contributed by atoms with Gasteiger partial charge in [-0.05, 0) is 43.0 Å². The Balaban J connectivity index is 1.88. The molecule has 4 nitrogen and oxygen atoms in total. The Morgan fingerprint density at radius 3 is 2.55 bits per heavy atom. The van der Waals surface area contributed by atoms with E-state index in [1.165, 1.54) is 11.1 Å². The van der Waals surface area contributed by atoms with E-state index in [-0.39, 0.29) is 0 Å². The number of hydrogen-bond acceptors (Lipinski definition) is 3. The smallest absolute Gasteiger partial charge is 0.303 e. The molecule has 1 aliphatic rings. The first-order valence-corrected chi connectivity index (χ1v) is 7.19. The number of carbonyl (C=O) groups is 1. The van der Waals surface area contributed by atoms with E-state index in [2.05, 4.69) is 23.1 Å². The number of aliphatic carboxylic acids is 1. The fraction of sp³-hybridized carbons (Fsp3) is 0.562. The van der Waals surface area contributed by atoms with Gasteiger partial charge in [-0.25, -0.2) is 0 Å². The van der Waals surface area contributed by atoms with Gasteiger partial charge in [0.15, 0.2) is 0 Å². The number of nitrogens with zero attached hydrogens (tertiary/aromatic N) is 1. The molecule has 1 saturated heterocycles. The molecule has 0 amide bonds. The third-order valence-corrected chi connectivity index (χ3v) is 3.98. The minimum absolute atomic E-state index is 0.314. The molecule has 0 aromatic heterocycles. The lowest BCUT2D eigenvalue weighted by Crippen LogP contribution is -2.34. The van der Waals surface area contributed by atoms with Gasteiger partial charge in [0.2, 0.25) is 0 Å². The standard InChI is InChI=1S/C16H23NO3/c1-20-12-15-5-3-2-4-14(15)11-17-8-6-13(7-9-17)10-16(18)19/h2-5,13H,6-12H2,1H3,(H,18,19). The van der Waals surface area contributed by atoms with Crippen molar-refractivity contribution in [3.63, 3.8) is 0 Å². The zero-order valence-corrected chi connectivity index (χ0v) is 12.0. The van der Waals surface area contributed by atoms with Crippen molar-refractivity contribution in [3.8, 4) is 0 Å². The molecule has 1 heterocycles. The second-order valence-electron chi connectivity index (χ2n) is 5.52. The number of rotatable bonds is 6. The van der Waals surface area contributed by atoms with Crippen LogP contribution in [0.25, 0.3) is 0 Å². The third-order valence-electron chi connectivity index (χ3n) is 3.98. The largest absolute Gasteiger partial charge is 0.481 e. The summed E-state index contributed by atoms with van der Waals surface area (Å²) in [5.74, 6) is -0.327. The Bertz CT molecular complexity index is 439. The molecule has 0 saturated carbocycles. The van der Waals surface area contributed by atoms with Crippen LogP contribution in [0.2, 0.25) is 0 Å². The van der Waals surface area contributed by atoms with Crippen LogP contribution in [0.15, 0.2) is 24.3 Å². The molecule has 0 bridgehead atoms. The fourth-order valence-corrected chi connectivity index (χ4v) is 2.84. The molecule has 1 aromatic rings. The topological polar surface area (TPSA) is 49.8 Å². The second kappa shape index (κ2) is 7.41. The maximum Gasteiger partial charge on any atom is 0.303 e. The highest BCUT2D eigenvalue weighted by Crippen LogP contribution is 2.22. The lowest BCUT2D eigenvalue weighted by atomic mass is 9.93. The number of hydrogen-bond donors (Lipinski definition) is 1. The first kappa shape index (κ1) is 15.0. The van der Waals surface area contributed by atoms with Crippen LogP contribution in [-0.2, 0) is 22.7 Å². The molecule has 0 atom stereocenters. The van der Waals surface area contributed by atoms with Gasteiger partial charge in [-0.3, -0.25) is 9.69 Å². The highest BCUT2D eigenvalue weighted by molar-refractivity contribution is 5.67. The van der Waals surface area contributed by atoms with Crippen molar-refractivity contribution in [1.82, 2.24) is 4.90 Å². The molecule has 1 aromatic carbocycles. The Kier molecular flexibility index (Phi) is 5.56. The molecule has 1 aliphatic heterocycles. The minimum Gasteiger partial charge on any atom is -0.481 e. The summed E-state index contributed by atoms with van der Waals surface area (Å²) in [6.45, 7) is 3.55. The van der Waals surface area contributed by atoms with Gasteiger partial charge >= 0.3 is 5.97 Å². The van der Waals surface area contributed by atoms with Crippen LogP contribution in [0.4, 0.5) is 0 Å². The average molecular weight is 277 g/mol. The highest BCUT2D eigenvalue weighted by atomic mass is 16.5. The van der Waals surface area contributed by atoms with Gasteiger partial charge in [0.05, 0.1) is 6.61 Å². The third kappa shape index (κ3) is 4.32. The van der Waals surface area contributed by atoms with Crippen molar-refractivity contribution in [2.24, 2.45) is 5.92 Å². The number of methoxy groups -OCH3 is 1. The van der Waals surface area contributed by atoms with E-state index in [9.17, 15) is 4.79 Å². The number of likely N-dealkylation sites (tertiary alicyclic amines) is 1. The SMILES string of the molecule is COCc1ccccc1CN1CCC(CC(=O)O)CC1. The summed E-state index contributed by atoms with van der Waals surface area (Å²) in [6.07, 6.45) is 2.28. The molecular formula is C16H23NO3. The number of piperidine rings is 1. The average Bonchev–Trinajstić information content (AvgIpc) is 2.43. The molecule has 2 rings (SSSR count). The number of carboxylic acids is 1. The lowest BCUT2D eigenvalue weighted by Gasteiger charge is -2.31. The van der Waals surface area contributed by atoms with E-state index >= 15 is 0 Å². The number of ether oxygens (including phenoxy) is 1. The van der Waals surface area contributed by atoms with E-state index in [1.54, 1.807) is 7.11 Å². The summed E-state index contributed by atoms with van der Waals surface area (Å²) in [4.78, 5) is 13.1. The Morgan fingerprint density at radius 2 is 1.95 bits per heavy atom. The molecule has 20 heavy (non-hydrogen) atoms. The molecular weight excluding hydrogens is 254 g/mol. The normalized spacial score (nSPS) is 17.2. The van der Waals surface area contributed by atoms with Gasteiger partial charge in [0.1, 0.15) is 0 Å². The zero-order chi connectivity index (χ0) is 14.4. The van der Waals surface area contributed by atoms with Crippen molar-refractivity contribution in [1.29, 1.82) is 0 Å². The summed E-state index contributed by atoms with van der Waals surface area (Å²) in [5, 5.41) is 8.83. The number of benzene rings is 1. The molecule has 0 radical (unpaired) electrons. The lowest BCUT2D eigenvalue weighted by molar-refractivity contribution is -0.138. The molecule has 1 fully saturated rings. The minimum atomic E-state index is -0.672. The van der Waals surface area contributed by atoms with Gasteiger partial charge in [-0.2, -0.15) is 0 Å². The summed E-state index contributed by atoms with van der Waals surface area (Å²) in [5.41, 5.74) is 2.55. The van der Waals surface area contributed by atoms with E-state index in [4.69, 9.17) is 9.84 Å². The van der Waals surface area contributed by atoms with Crippen LogP contribution < -0.4 is 0 Å². The zero-order valence-electron chi connectivity index (χ0n) is 12.0. The van der Waals surface area contributed by atoms with Crippen molar-refractivity contribution in [2.45, 2.75) is 32.4 Å². The van der Waals surface area contributed by atoms with Crippen molar-refractivity contribution in [3.05, 3.63) is 35.4 Å². The van der Waals surface area contributed by atoms with Crippen LogP contribution in [-0.4, -0.2) is 36.2 Å². The molecule has 110 valence electrons. The Labute approximate surface area is 120 Å². The predicted molar refractivity (Wildman–Crippen MR) is 77.4 cm³/mol. The molecule has 0 aliphatic carbocycles. The van der Waals surface area contributed by atoms with Gasteiger partial charge < -0.3 is 9.84 Å². The van der Waals surface area contributed by atoms with Crippen LogP contribution in [0.1, 0.15) is 30.4 Å². The van der Waals surface area contributed by atoms with E-state index in [1.807, 2.05) is 6.07 Å². The van der Waals surface area contributed by atoms with Crippen LogP contribution in [0, 0.1) is 5.92 Å². The second-order valence-corrected chi connectivity index (χ2v) is 5.52. The quantitative estimate of drug-likeness (QED) is 0.868. The molecule has 1 N–H and O–H groups in total. The monoisotopic (exact) mass is 277 g/mol. The Morgan fingerprint density at radius 1 is 1.30 bits per heavy atom. The summed E-state index contributed by atoms with van der Waals surface area (Å²) >= 11 is 0. The highest BCUT2D eigenvalue weighted by Gasteiger charge is 2.21. The molecule has 4 heteroatoms. The van der Waals surface area contributed by atoms with Crippen LogP contribution in [0.5, 0.6) is 0 Å². The fourth-order valence-electron chi connectivity index (χ4n) is 2.84. The van der Waals surface area contributed by atoms with Gasteiger partial charge in [0, 0.05) is 20.1 Å². The Hall–Kier alpha value is -1.39. The summed E-state index contributed by atoms with van der Waals surface area (Å²) < 4.78 is 5.23. The van der Waals surface area contributed by atoms with Gasteiger partial charge in [-0.1, -0.05) is 24.3 Å². The predicted octanol–water partition coefficient (Wildman–Crippen LogP) is 2.52. The van der Waals surface area contributed by atoms with Crippen LogP contribution in [0.3, 0.4) is 0 Å². The van der Waals surface area contributed by atoms with E-state index < -0.39 is 5.97 Å².